The second kappa shape index (κ2) is 19.9. The minimum atomic E-state index is -0.420. The SMILES string of the molecule is C=C(C)C(=O)OCCOCCOCCOCCOC(=O)C(=C)C.C=CN1CCC(CCO)C1=O. The standard InChI is InChI=1S/C16H26O7.C8H13NO2/c1-13(2)15(17)22-11-9-20-7-5-19-6-8-21-10-12-23-16(18)14(3)4;1-2-9-5-3-7(4-6-10)8(9)11/h1,3,5-12H2,2,4H3;2,7,10H,1,3-6H2. The molecule has 10 heteroatoms. The van der Waals surface area contributed by atoms with E-state index in [0.717, 1.165) is 13.0 Å². The zero-order valence-corrected chi connectivity index (χ0v) is 20.4. The van der Waals surface area contributed by atoms with Crippen molar-refractivity contribution in [2.24, 2.45) is 5.92 Å². The number of carbonyl (C=O) groups is 3. The topological polar surface area (TPSA) is 121 Å². The van der Waals surface area contributed by atoms with E-state index in [2.05, 4.69) is 19.7 Å². The number of carbonyl (C=O) groups excluding carboxylic acids is 3. The van der Waals surface area contributed by atoms with Gasteiger partial charge in [-0.1, -0.05) is 19.7 Å². The highest BCUT2D eigenvalue weighted by Crippen LogP contribution is 2.20. The van der Waals surface area contributed by atoms with Gasteiger partial charge in [-0.15, -0.1) is 0 Å². The number of aliphatic hydroxyl groups excluding tert-OH is 1. The molecule has 1 aliphatic heterocycles. The van der Waals surface area contributed by atoms with Crippen LogP contribution >= 0.6 is 0 Å². The molecule has 0 aromatic heterocycles. The van der Waals surface area contributed by atoms with Crippen LogP contribution in [0.3, 0.4) is 0 Å². The lowest BCUT2D eigenvalue weighted by Crippen LogP contribution is -2.21. The molecular formula is C24H39NO9. The third kappa shape index (κ3) is 15.3. The maximum absolute atomic E-state index is 11.3. The average Bonchev–Trinajstić information content (AvgIpc) is 3.16. The van der Waals surface area contributed by atoms with Crippen LogP contribution in [0.4, 0.5) is 0 Å². The van der Waals surface area contributed by atoms with Crippen molar-refractivity contribution in [3.8, 4) is 0 Å². The van der Waals surface area contributed by atoms with Gasteiger partial charge >= 0.3 is 11.9 Å². The van der Waals surface area contributed by atoms with Gasteiger partial charge in [-0.3, -0.25) is 4.79 Å². The van der Waals surface area contributed by atoms with Crippen LogP contribution in [0.25, 0.3) is 0 Å². The smallest absolute Gasteiger partial charge is 0.333 e. The van der Waals surface area contributed by atoms with E-state index in [1.807, 2.05) is 0 Å². The largest absolute Gasteiger partial charge is 0.460 e. The van der Waals surface area contributed by atoms with Gasteiger partial charge < -0.3 is 33.7 Å². The fourth-order valence-corrected chi connectivity index (χ4v) is 2.54. The Morgan fingerprint density at radius 2 is 1.32 bits per heavy atom. The molecule has 0 spiro atoms. The number of likely N-dealkylation sites (tertiary alicyclic amines) is 1. The van der Waals surface area contributed by atoms with E-state index < -0.39 is 11.9 Å². The molecule has 0 saturated carbocycles. The van der Waals surface area contributed by atoms with E-state index in [1.54, 1.807) is 24.9 Å². The molecular weight excluding hydrogens is 446 g/mol. The molecule has 10 nitrogen and oxygen atoms in total. The van der Waals surface area contributed by atoms with Gasteiger partial charge in [-0.05, 0) is 32.9 Å². The molecule has 1 rings (SSSR count). The highest BCUT2D eigenvalue weighted by Gasteiger charge is 2.28. The van der Waals surface area contributed by atoms with Gasteiger partial charge in [0.2, 0.25) is 5.91 Å². The number of esters is 2. The first kappa shape index (κ1) is 31.5. The molecule has 0 aromatic carbocycles. The van der Waals surface area contributed by atoms with Gasteiger partial charge in [-0.2, -0.15) is 0 Å². The first-order valence-corrected chi connectivity index (χ1v) is 11.2. The highest BCUT2D eigenvalue weighted by molar-refractivity contribution is 5.87. The summed E-state index contributed by atoms with van der Waals surface area (Å²) in [4.78, 5) is 35.0. The van der Waals surface area contributed by atoms with Crippen molar-refractivity contribution >= 4 is 17.8 Å². The van der Waals surface area contributed by atoms with E-state index in [1.165, 1.54) is 0 Å². The van der Waals surface area contributed by atoms with E-state index in [-0.39, 0.29) is 31.6 Å². The lowest BCUT2D eigenvalue weighted by Gasteiger charge is -2.09. The molecule has 0 bridgehead atoms. The summed E-state index contributed by atoms with van der Waals surface area (Å²) in [5, 5.41) is 8.61. The molecule has 194 valence electrons. The summed E-state index contributed by atoms with van der Waals surface area (Å²) in [6.07, 6.45) is 2.99. The summed E-state index contributed by atoms with van der Waals surface area (Å²) in [5.74, 6) is -0.709. The summed E-state index contributed by atoms with van der Waals surface area (Å²) in [5.41, 5.74) is 0.727. The summed E-state index contributed by atoms with van der Waals surface area (Å²) in [6.45, 7) is 17.2. The molecule has 0 aromatic rings. The van der Waals surface area contributed by atoms with Gasteiger partial charge in [0.05, 0.1) is 39.6 Å². The van der Waals surface area contributed by atoms with Crippen LogP contribution in [-0.2, 0) is 38.1 Å². The Kier molecular flexibility index (Phi) is 18.4. The second-order valence-corrected chi connectivity index (χ2v) is 7.38. The van der Waals surface area contributed by atoms with E-state index in [0.29, 0.717) is 57.2 Å². The predicted molar refractivity (Wildman–Crippen MR) is 126 cm³/mol. The number of hydrogen-bond acceptors (Lipinski definition) is 9. The Balaban J connectivity index is 0.000000818. The Hall–Kier alpha value is -2.53. The Bertz CT molecular complexity index is 627. The van der Waals surface area contributed by atoms with Crippen LogP contribution in [0, 0.1) is 5.92 Å². The molecule has 1 amide bonds. The van der Waals surface area contributed by atoms with Crippen LogP contribution in [0.5, 0.6) is 0 Å². The van der Waals surface area contributed by atoms with Crippen molar-refractivity contribution in [3.63, 3.8) is 0 Å². The van der Waals surface area contributed by atoms with Gasteiger partial charge in [0.15, 0.2) is 0 Å². The van der Waals surface area contributed by atoms with Gasteiger partial charge in [0.25, 0.3) is 0 Å². The Morgan fingerprint density at radius 1 is 0.912 bits per heavy atom. The fraction of sp³-hybridized carbons (Fsp3) is 0.625. The fourth-order valence-electron chi connectivity index (χ4n) is 2.54. The van der Waals surface area contributed by atoms with Crippen molar-refractivity contribution < 1.29 is 43.2 Å². The third-order valence-corrected chi connectivity index (χ3v) is 4.41. The average molecular weight is 486 g/mol. The number of rotatable bonds is 17. The van der Waals surface area contributed by atoms with E-state index >= 15 is 0 Å². The van der Waals surface area contributed by atoms with Crippen LogP contribution in [0.2, 0.25) is 0 Å². The molecule has 1 N–H and O–H groups in total. The quantitative estimate of drug-likeness (QED) is 0.186. The first-order valence-electron chi connectivity index (χ1n) is 11.2. The van der Waals surface area contributed by atoms with Crippen molar-refractivity contribution in [3.05, 3.63) is 37.1 Å². The summed E-state index contributed by atoms with van der Waals surface area (Å²) in [7, 11) is 0. The highest BCUT2D eigenvalue weighted by atomic mass is 16.6. The normalized spacial score (nSPS) is 14.7. The predicted octanol–water partition coefficient (Wildman–Crippen LogP) is 1.64. The Labute approximate surface area is 202 Å². The lowest BCUT2D eigenvalue weighted by molar-refractivity contribution is -0.141. The summed E-state index contributed by atoms with van der Waals surface area (Å²) >= 11 is 0. The maximum atomic E-state index is 11.3. The third-order valence-electron chi connectivity index (χ3n) is 4.41. The first-order chi connectivity index (χ1) is 16.2. The number of hydrogen-bond donors (Lipinski definition) is 1. The second-order valence-electron chi connectivity index (χ2n) is 7.38. The van der Waals surface area contributed by atoms with Crippen molar-refractivity contribution in [2.45, 2.75) is 26.7 Å². The van der Waals surface area contributed by atoms with Crippen molar-refractivity contribution in [2.75, 3.05) is 66.0 Å². The molecule has 0 aliphatic carbocycles. The molecule has 1 unspecified atom stereocenters. The molecule has 1 atom stereocenters. The van der Waals surface area contributed by atoms with Crippen LogP contribution in [0.15, 0.2) is 37.1 Å². The van der Waals surface area contributed by atoms with Crippen LogP contribution < -0.4 is 0 Å². The maximum Gasteiger partial charge on any atom is 0.333 e. The molecule has 1 heterocycles. The van der Waals surface area contributed by atoms with E-state index in [9.17, 15) is 14.4 Å². The zero-order chi connectivity index (χ0) is 25.8. The molecule has 1 saturated heterocycles. The van der Waals surface area contributed by atoms with Crippen molar-refractivity contribution in [1.82, 2.24) is 4.90 Å². The molecule has 1 aliphatic rings. The van der Waals surface area contributed by atoms with Gasteiger partial charge in [-0.25, -0.2) is 9.59 Å². The molecule has 0 radical (unpaired) electrons. The van der Waals surface area contributed by atoms with Crippen LogP contribution in [-0.4, -0.2) is 93.9 Å². The lowest BCUT2D eigenvalue weighted by atomic mass is 10.1. The number of nitrogens with zero attached hydrogens (tertiary/aromatic N) is 1. The van der Waals surface area contributed by atoms with E-state index in [4.69, 9.17) is 28.8 Å². The number of ether oxygens (including phenoxy) is 5. The summed E-state index contributed by atoms with van der Waals surface area (Å²) in [6, 6.07) is 0. The Morgan fingerprint density at radius 3 is 1.65 bits per heavy atom. The number of aliphatic hydroxyl groups is 1. The monoisotopic (exact) mass is 485 g/mol. The minimum absolute atomic E-state index is 0.0259. The number of amides is 1. The minimum Gasteiger partial charge on any atom is -0.460 e. The van der Waals surface area contributed by atoms with Gasteiger partial charge in [0.1, 0.15) is 13.2 Å². The molecule has 1 fully saturated rings. The van der Waals surface area contributed by atoms with Crippen molar-refractivity contribution in [1.29, 1.82) is 0 Å². The summed E-state index contributed by atoms with van der Waals surface area (Å²) < 4.78 is 25.4. The molecule has 34 heavy (non-hydrogen) atoms. The van der Waals surface area contributed by atoms with Crippen LogP contribution in [0.1, 0.15) is 26.7 Å². The van der Waals surface area contributed by atoms with Gasteiger partial charge in [0, 0.05) is 30.2 Å². The zero-order valence-electron chi connectivity index (χ0n) is 20.4.